The smallest absolute Gasteiger partial charge is 0.126 e. The van der Waals surface area contributed by atoms with E-state index in [1.165, 1.54) is 5.69 Å². The molecule has 3 nitrogen and oxygen atoms in total. The summed E-state index contributed by atoms with van der Waals surface area (Å²) in [6, 6.07) is 4.33. The van der Waals surface area contributed by atoms with Gasteiger partial charge >= 0.3 is 0 Å². The van der Waals surface area contributed by atoms with E-state index in [0.717, 1.165) is 37.3 Å². The second-order valence-corrected chi connectivity index (χ2v) is 6.24. The van der Waals surface area contributed by atoms with Crippen LogP contribution in [0.2, 0.25) is 0 Å². The molecule has 2 atom stereocenters. The largest absolute Gasteiger partial charge is 0.366 e. The highest BCUT2D eigenvalue weighted by Gasteiger charge is 2.25. The first-order valence-electron chi connectivity index (χ1n) is 7.92. The van der Waals surface area contributed by atoms with E-state index >= 15 is 0 Å². The van der Waals surface area contributed by atoms with Gasteiger partial charge < -0.3 is 15.1 Å². The molecule has 0 aliphatic carbocycles. The monoisotopic (exact) mass is 293 g/mol. The van der Waals surface area contributed by atoms with Gasteiger partial charge in [-0.25, -0.2) is 4.39 Å². The maximum atomic E-state index is 14.0. The average molecular weight is 293 g/mol. The van der Waals surface area contributed by atoms with Gasteiger partial charge in [0.05, 0.1) is 0 Å². The first-order chi connectivity index (χ1) is 9.93. The van der Waals surface area contributed by atoms with Crippen LogP contribution in [-0.4, -0.2) is 44.2 Å². The molecule has 0 saturated carbocycles. The highest BCUT2D eigenvalue weighted by atomic mass is 19.1. The van der Waals surface area contributed by atoms with E-state index in [9.17, 15) is 4.39 Å². The summed E-state index contributed by atoms with van der Waals surface area (Å²) in [7, 11) is 2.16. The van der Waals surface area contributed by atoms with E-state index in [0.29, 0.717) is 6.04 Å². The van der Waals surface area contributed by atoms with Crippen molar-refractivity contribution in [3.63, 3.8) is 0 Å². The summed E-state index contributed by atoms with van der Waals surface area (Å²) in [4.78, 5) is 4.78. The molecule has 0 bridgehead atoms. The number of rotatable bonds is 4. The Kier molecular flexibility index (Phi) is 5.22. The van der Waals surface area contributed by atoms with Crippen molar-refractivity contribution in [3.8, 4) is 0 Å². The van der Waals surface area contributed by atoms with Gasteiger partial charge in [0, 0.05) is 37.4 Å². The quantitative estimate of drug-likeness (QED) is 0.921. The minimum atomic E-state index is -0.111. The number of piperazine rings is 1. The summed E-state index contributed by atoms with van der Waals surface area (Å²) < 4.78 is 14.0. The molecule has 21 heavy (non-hydrogen) atoms. The molecular weight excluding hydrogens is 265 g/mol. The molecule has 1 aliphatic rings. The third kappa shape index (κ3) is 3.55. The van der Waals surface area contributed by atoms with Crippen LogP contribution in [-0.2, 0) is 0 Å². The minimum absolute atomic E-state index is 0.111. The van der Waals surface area contributed by atoms with Crippen LogP contribution in [0.1, 0.15) is 37.9 Å². The molecule has 118 valence electrons. The van der Waals surface area contributed by atoms with Crippen LogP contribution in [0.3, 0.4) is 0 Å². The third-order valence-corrected chi connectivity index (χ3v) is 4.42. The van der Waals surface area contributed by atoms with Crippen LogP contribution in [0.25, 0.3) is 0 Å². The Morgan fingerprint density at radius 3 is 2.71 bits per heavy atom. The number of nitrogens with one attached hydrogen (secondary N) is 1. The number of anilines is 1. The molecule has 0 amide bonds. The lowest BCUT2D eigenvalue weighted by atomic mass is 10.00. The van der Waals surface area contributed by atoms with E-state index < -0.39 is 0 Å². The van der Waals surface area contributed by atoms with Crippen LogP contribution < -0.4 is 10.2 Å². The van der Waals surface area contributed by atoms with Crippen LogP contribution in [0, 0.1) is 12.7 Å². The first-order valence-corrected chi connectivity index (χ1v) is 7.92. The topological polar surface area (TPSA) is 18.5 Å². The van der Waals surface area contributed by atoms with Gasteiger partial charge in [-0.15, -0.1) is 0 Å². The number of likely N-dealkylation sites (N-methyl/N-ethyl adjacent to an activating group) is 1. The Morgan fingerprint density at radius 1 is 1.38 bits per heavy atom. The predicted molar refractivity (Wildman–Crippen MR) is 87.5 cm³/mol. The van der Waals surface area contributed by atoms with Gasteiger partial charge in [-0.2, -0.15) is 0 Å². The second-order valence-electron chi connectivity index (χ2n) is 6.24. The van der Waals surface area contributed by atoms with Gasteiger partial charge in [0.25, 0.3) is 0 Å². The van der Waals surface area contributed by atoms with Crippen molar-refractivity contribution in [2.45, 2.75) is 39.8 Å². The van der Waals surface area contributed by atoms with Gasteiger partial charge in [-0.3, -0.25) is 0 Å². The minimum Gasteiger partial charge on any atom is -0.366 e. The normalized spacial score (nSPS) is 21.6. The molecule has 4 heteroatoms. The van der Waals surface area contributed by atoms with Crippen LogP contribution in [0.4, 0.5) is 10.1 Å². The molecule has 2 unspecified atom stereocenters. The summed E-state index contributed by atoms with van der Waals surface area (Å²) in [5.74, 6) is -0.111. The van der Waals surface area contributed by atoms with Crippen LogP contribution >= 0.6 is 0 Å². The summed E-state index contributed by atoms with van der Waals surface area (Å²) in [5, 5.41) is 3.41. The third-order valence-electron chi connectivity index (χ3n) is 4.42. The number of halogens is 1. The molecule has 2 rings (SSSR count). The molecule has 1 aromatic rings. The Hall–Kier alpha value is -1.13. The number of nitrogens with zero attached hydrogens (tertiary/aromatic N) is 2. The highest BCUT2D eigenvalue weighted by Crippen LogP contribution is 2.31. The van der Waals surface area contributed by atoms with Crippen molar-refractivity contribution < 1.29 is 4.39 Å². The van der Waals surface area contributed by atoms with Crippen molar-refractivity contribution in [3.05, 3.63) is 29.1 Å². The Morgan fingerprint density at radius 2 is 2.10 bits per heavy atom. The lowest BCUT2D eigenvalue weighted by molar-refractivity contribution is 0.275. The number of hydrogen-bond donors (Lipinski definition) is 1. The molecule has 0 aromatic heterocycles. The maximum Gasteiger partial charge on any atom is 0.126 e. The van der Waals surface area contributed by atoms with Crippen LogP contribution in [0.5, 0.6) is 0 Å². The van der Waals surface area contributed by atoms with Gasteiger partial charge in [0.1, 0.15) is 5.82 Å². The summed E-state index contributed by atoms with van der Waals surface area (Å²) >= 11 is 0. The zero-order valence-electron chi connectivity index (χ0n) is 13.9. The van der Waals surface area contributed by atoms with Gasteiger partial charge in [0.15, 0.2) is 0 Å². The standard InChI is InChI=1S/C17H28FN3/c1-6-19-14(4)15-10-16(18)12(2)9-17(15)21-8-7-20(5)11-13(21)3/h9-10,13-14,19H,6-8,11H2,1-5H3. The molecule has 0 radical (unpaired) electrons. The van der Waals surface area contributed by atoms with Crippen molar-refractivity contribution in [2.24, 2.45) is 0 Å². The first kappa shape index (κ1) is 16.2. The van der Waals surface area contributed by atoms with Crippen LogP contribution in [0.15, 0.2) is 12.1 Å². The van der Waals surface area contributed by atoms with Crippen molar-refractivity contribution in [1.82, 2.24) is 10.2 Å². The second kappa shape index (κ2) is 6.75. The molecule has 0 spiro atoms. The van der Waals surface area contributed by atoms with Gasteiger partial charge in [-0.1, -0.05) is 6.92 Å². The Bertz CT molecular complexity index is 489. The van der Waals surface area contributed by atoms with E-state index in [2.05, 4.69) is 42.9 Å². The molecule has 1 heterocycles. The summed E-state index contributed by atoms with van der Waals surface area (Å²) in [5.41, 5.74) is 2.97. The highest BCUT2D eigenvalue weighted by molar-refractivity contribution is 5.58. The fraction of sp³-hybridized carbons (Fsp3) is 0.647. The molecule has 1 aliphatic heterocycles. The average Bonchev–Trinajstić information content (AvgIpc) is 2.42. The van der Waals surface area contributed by atoms with Crippen molar-refractivity contribution in [1.29, 1.82) is 0 Å². The number of aryl methyl sites for hydroxylation is 1. The fourth-order valence-electron chi connectivity index (χ4n) is 3.19. The SMILES string of the molecule is CCNC(C)c1cc(F)c(C)cc1N1CCN(C)CC1C. The predicted octanol–water partition coefficient (Wildman–Crippen LogP) is 2.94. The maximum absolute atomic E-state index is 14.0. The molecule has 1 N–H and O–H groups in total. The van der Waals surface area contributed by atoms with E-state index in [4.69, 9.17) is 0 Å². The van der Waals surface area contributed by atoms with E-state index in [1.54, 1.807) is 6.07 Å². The number of benzene rings is 1. The zero-order chi connectivity index (χ0) is 15.6. The van der Waals surface area contributed by atoms with Crippen molar-refractivity contribution >= 4 is 5.69 Å². The zero-order valence-corrected chi connectivity index (χ0v) is 13.9. The van der Waals surface area contributed by atoms with Crippen molar-refractivity contribution in [2.75, 3.05) is 38.1 Å². The lowest BCUT2D eigenvalue weighted by Crippen LogP contribution is -2.51. The van der Waals surface area contributed by atoms with E-state index in [1.807, 2.05) is 13.0 Å². The van der Waals surface area contributed by atoms with E-state index in [-0.39, 0.29) is 11.9 Å². The molecule has 1 aromatic carbocycles. The molecular formula is C17H28FN3. The molecule has 1 saturated heterocycles. The lowest BCUT2D eigenvalue weighted by Gasteiger charge is -2.41. The number of hydrogen-bond acceptors (Lipinski definition) is 3. The summed E-state index contributed by atoms with van der Waals surface area (Å²) in [6.07, 6.45) is 0. The van der Waals surface area contributed by atoms with Gasteiger partial charge in [-0.05, 0) is 57.6 Å². The summed E-state index contributed by atoms with van der Waals surface area (Å²) in [6.45, 7) is 12.3. The van der Waals surface area contributed by atoms with Gasteiger partial charge in [0.2, 0.25) is 0 Å². The Balaban J connectivity index is 2.38. The Labute approximate surface area is 128 Å². The fourth-order valence-corrected chi connectivity index (χ4v) is 3.19. The molecule has 1 fully saturated rings.